The summed E-state index contributed by atoms with van der Waals surface area (Å²) in [4.78, 5) is 13.4. The van der Waals surface area contributed by atoms with Gasteiger partial charge in [0.1, 0.15) is 28.8 Å². The number of anilines is 1. The Balaban J connectivity index is 1.38. The van der Waals surface area contributed by atoms with Crippen molar-refractivity contribution in [3.05, 3.63) is 70.6 Å². The number of thiophene rings is 1. The number of ether oxygens (including phenoxy) is 1. The van der Waals surface area contributed by atoms with E-state index in [1.807, 2.05) is 29.6 Å². The van der Waals surface area contributed by atoms with E-state index in [1.165, 1.54) is 23.9 Å². The number of nitriles is 1. The van der Waals surface area contributed by atoms with E-state index in [2.05, 4.69) is 26.3 Å². The van der Waals surface area contributed by atoms with Crippen molar-refractivity contribution in [3.8, 4) is 17.6 Å². The van der Waals surface area contributed by atoms with Crippen molar-refractivity contribution in [2.75, 3.05) is 11.9 Å². The molecule has 0 bridgehead atoms. The van der Waals surface area contributed by atoms with Gasteiger partial charge in [-0.15, -0.1) is 11.3 Å². The molecule has 0 aliphatic heterocycles. The maximum absolute atomic E-state index is 9.12. The maximum Gasteiger partial charge on any atom is 0.163 e. The van der Waals surface area contributed by atoms with Gasteiger partial charge in [0, 0.05) is 18.1 Å². The first-order valence-corrected chi connectivity index (χ1v) is 9.73. The summed E-state index contributed by atoms with van der Waals surface area (Å²) >= 11 is 7.73. The minimum atomic E-state index is 0.444. The van der Waals surface area contributed by atoms with E-state index in [-0.39, 0.29) is 0 Å². The lowest BCUT2D eigenvalue weighted by Gasteiger charge is -2.09. The molecule has 4 rings (SSSR count). The smallest absolute Gasteiger partial charge is 0.163 e. The highest BCUT2D eigenvalue weighted by Gasteiger charge is 2.09. The normalized spacial score (nSPS) is 10.6. The molecular formula is C20H14ClN5OS. The number of fused-ring (bicyclic) bond motifs is 1. The van der Waals surface area contributed by atoms with Crippen molar-refractivity contribution in [2.45, 2.75) is 6.42 Å². The topological polar surface area (TPSA) is 83.7 Å². The third-order valence-electron chi connectivity index (χ3n) is 4.09. The van der Waals surface area contributed by atoms with Crippen LogP contribution in [0.1, 0.15) is 11.1 Å². The first-order valence-electron chi connectivity index (χ1n) is 8.47. The van der Waals surface area contributed by atoms with Crippen LogP contribution in [0.25, 0.3) is 10.2 Å². The highest BCUT2D eigenvalue weighted by Crippen LogP contribution is 2.32. The fraction of sp³-hybridized carbons (Fsp3) is 0.100. The number of pyridine rings is 1. The molecule has 8 heteroatoms. The van der Waals surface area contributed by atoms with Crippen molar-refractivity contribution in [3.63, 3.8) is 0 Å². The van der Waals surface area contributed by atoms with E-state index < -0.39 is 0 Å². The summed E-state index contributed by atoms with van der Waals surface area (Å²) in [7, 11) is 0. The molecule has 0 radical (unpaired) electrons. The van der Waals surface area contributed by atoms with Crippen molar-refractivity contribution >= 4 is 39.0 Å². The summed E-state index contributed by atoms with van der Waals surface area (Å²) in [6.07, 6.45) is 5.45. The summed E-state index contributed by atoms with van der Waals surface area (Å²) in [5.74, 6) is 1.85. The Bertz CT molecular complexity index is 1150. The Morgan fingerprint density at radius 2 is 2.04 bits per heavy atom. The van der Waals surface area contributed by atoms with Gasteiger partial charge in [-0.25, -0.2) is 9.97 Å². The summed E-state index contributed by atoms with van der Waals surface area (Å²) in [5, 5.41) is 15.8. The third kappa shape index (κ3) is 3.88. The average Bonchev–Trinajstić information content (AvgIpc) is 3.11. The van der Waals surface area contributed by atoms with Gasteiger partial charge in [-0.05, 0) is 30.2 Å². The Kier molecular flexibility index (Phi) is 5.33. The third-order valence-corrected chi connectivity index (χ3v) is 5.40. The molecule has 0 unspecified atom stereocenters. The molecule has 138 valence electrons. The molecule has 0 aliphatic rings. The molecule has 3 aromatic heterocycles. The fourth-order valence-electron chi connectivity index (χ4n) is 2.70. The fourth-order valence-corrected chi connectivity index (χ4v) is 3.84. The van der Waals surface area contributed by atoms with Crippen molar-refractivity contribution in [1.29, 1.82) is 5.26 Å². The summed E-state index contributed by atoms with van der Waals surface area (Å²) in [6.45, 7) is 0.708. The van der Waals surface area contributed by atoms with Gasteiger partial charge in [-0.2, -0.15) is 5.26 Å². The van der Waals surface area contributed by atoms with Crippen LogP contribution in [-0.4, -0.2) is 21.5 Å². The number of aromatic nitrogens is 3. The molecule has 0 atom stereocenters. The lowest BCUT2D eigenvalue weighted by molar-refractivity contribution is 0.478. The molecule has 0 amide bonds. The lowest BCUT2D eigenvalue weighted by Crippen LogP contribution is -2.06. The first-order chi connectivity index (χ1) is 13.7. The molecule has 0 spiro atoms. The Morgan fingerprint density at radius 3 is 2.86 bits per heavy atom. The van der Waals surface area contributed by atoms with Gasteiger partial charge in [0.05, 0.1) is 22.2 Å². The predicted octanol–water partition coefficient (Wildman–Crippen LogP) is 5.06. The molecular weight excluding hydrogens is 394 g/mol. The van der Waals surface area contributed by atoms with Crippen LogP contribution < -0.4 is 10.1 Å². The number of hydrogen-bond donors (Lipinski definition) is 1. The molecule has 0 aliphatic carbocycles. The van der Waals surface area contributed by atoms with Gasteiger partial charge in [0.2, 0.25) is 0 Å². The monoisotopic (exact) mass is 407 g/mol. The molecule has 0 saturated heterocycles. The number of nitrogens with zero attached hydrogens (tertiary/aromatic N) is 4. The quantitative estimate of drug-likeness (QED) is 0.481. The van der Waals surface area contributed by atoms with E-state index in [9.17, 15) is 0 Å². The van der Waals surface area contributed by atoms with Crippen LogP contribution in [0.4, 0.5) is 5.82 Å². The van der Waals surface area contributed by atoms with Crippen molar-refractivity contribution in [1.82, 2.24) is 15.0 Å². The van der Waals surface area contributed by atoms with E-state index >= 15 is 0 Å². The molecule has 1 aromatic carbocycles. The molecule has 4 aromatic rings. The largest absolute Gasteiger partial charge is 0.454 e. The van der Waals surface area contributed by atoms with Crippen LogP contribution in [0, 0.1) is 11.3 Å². The Labute approximate surface area is 170 Å². The van der Waals surface area contributed by atoms with Crippen LogP contribution in [0.15, 0.2) is 54.4 Å². The van der Waals surface area contributed by atoms with Crippen LogP contribution >= 0.6 is 22.9 Å². The van der Waals surface area contributed by atoms with Crippen LogP contribution in [0.2, 0.25) is 5.02 Å². The van der Waals surface area contributed by atoms with E-state index in [1.54, 1.807) is 12.3 Å². The zero-order chi connectivity index (χ0) is 19.3. The minimum absolute atomic E-state index is 0.444. The van der Waals surface area contributed by atoms with E-state index in [0.717, 1.165) is 28.0 Å². The zero-order valence-corrected chi connectivity index (χ0v) is 16.2. The zero-order valence-electron chi connectivity index (χ0n) is 14.6. The van der Waals surface area contributed by atoms with E-state index in [0.29, 0.717) is 28.6 Å². The van der Waals surface area contributed by atoms with Gasteiger partial charge >= 0.3 is 0 Å². The van der Waals surface area contributed by atoms with Crippen molar-refractivity contribution in [2.24, 2.45) is 0 Å². The second kappa shape index (κ2) is 8.21. The second-order valence-electron chi connectivity index (χ2n) is 5.89. The van der Waals surface area contributed by atoms with Gasteiger partial charge in [-0.1, -0.05) is 23.7 Å². The number of nitrogens with one attached hydrogen (secondary N) is 1. The standard InChI is InChI=1S/C20H14ClN5OS/c21-16-11-28-20-18(16)19(25-12-26-20)24-8-5-13-1-3-15(4-2-13)27-17-10-23-7-6-14(17)9-22/h1-4,6-7,10-12H,5,8H2,(H,24,25,26). The molecule has 0 saturated carbocycles. The average molecular weight is 408 g/mol. The second-order valence-corrected chi connectivity index (χ2v) is 7.16. The molecule has 0 fully saturated rings. The maximum atomic E-state index is 9.12. The van der Waals surface area contributed by atoms with Gasteiger partial charge < -0.3 is 10.1 Å². The van der Waals surface area contributed by atoms with Crippen LogP contribution in [0.3, 0.4) is 0 Å². The Hall–Kier alpha value is -3.21. The Morgan fingerprint density at radius 1 is 1.18 bits per heavy atom. The summed E-state index contributed by atoms with van der Waals surface area (Å²) < 4.78 is 5.75. The van der Waals surface area contributed by atoms with E-state index in [4.69, 9.17) is 21.6 Å². The molecule has 1 N–H and O–H groups in total. The molecule has 28 heavy (non-hydrogen) atoms. The number of hydrogen-bond acceptors (Lipinski definition) is 7. The molecule has 3 heterocycles. The van der Waals surface area contributed by atoms with Gasteiger partial charge in [0.25, 0.3) is 0 Å². The minimum Gasteiger partial charge on any atom is -0.454 e. The SMILES string of the molecule is N#Cc1ccncc1Oc1ccc(CCNc2ncnc3scc(Cl)c23)cc1. The molecule has 6 nitrogen and oxygen atoms in total. The number of benzene rings is 1. The first kappa shape index (κ1) is 18.2. The van der Waals surface area contributed by atoms with Crippen molar-refractivity contribution < 1.29 is 4.74 Å². The summed E-state index contributed by atoms with van der Waals surface area (Å²) in [5.41, 5.74) is 1.60. The highest BCUT2D eigenvalue weighted by molar-refractivity contribution is 7.17. The van der Waals surface area contributed by atoms with Gasteiger partial charge in [0.15, 0.2) is 5.75 Å². The van der Waals surface area contributed by atoms with Crippen LogP contribution in [0.5, 0.6) is 11.5 Å². The lowest BCUT2D eigenvalue weighted by atomic mass is 10.1. The number of rotatable bonds is 6. The predicted molar refractivity (Wildman–Crippen MR) is 110 cm³/mol. The van der Waals surface area contributed by atoms with Crippen LogP contribution in [-0.2, 0) is 6.42 Å². The number of halogens is 1. The summed E-state index contributed by atoms with van der Waals surface area (Å²) in [6, 6.07) is 11.5. The van der Waals surface area contributed by atoms with Gasteiger partial charge in [-0.3, -0.25) is 4.98 Å². The highest BCUT2D eigenvalue weighted by atomic mass is 35.5.